The van der Waals surface area contributed by atoms with Crippen molar-refractivity contribution >= 4 is 118 Å². The molecule has 3 aliphatic carbocycles. The molecule has 29 nitrogen and oxygen atoms in total. The zero-order valence-electron chi connectivity index (χ0n) is 55.6. The maximum Gasteiger partial charge on any atom is 0.326 e. The number of carbonyl (C=O) groups excluding carboxylic acids is 15. The number of nitrogens with one attached hydrogen (secondary N) is 3. The fourth-order valence-electron chi connectivity index (χ4n) is 13.4. The molecule has 3 unspecified atom stereocenters. The molecule has 0 saturated carbocycles. The lowest BCUT2D eigenvalue weighted by Crippen LogP contribution is -2.35. The molecule has 6 aromatic rings. The van der Waals surface area contributed by atoms with Crippen molar-refractivity contribution in [3.63, 3.8) is 0 Å². The summed E-state index contributed by atoms with van der Waals surface area (Å²) in [5.74, 6) is -7.56. The number of hydrogen-bond acceptors (Lipinski definition) is 22. The number of benzene rings is 6. The summed E-state index contributed by atoms with van der Waals surface area (Å²) < 4.78 is 15.5. The molecule has 5 N–H and O–H groups in total. The number of anilines is 3. The Hall–Kier alpha value is -12.2. The number of amides is 13. The molecule has 105 heavy (non-hydrogen) atoms. The maximum absolute atomic E-state index is 12.6. The summed E-state index contributed by atoms with van der Waals surface area (Å²) in [5.41, 5.74) is 12.8. The molecule has 0 radical (unpaired) electrons. The average molecular weight is 1450 g/mol. The summed E-state index contributed by atoms with van der Waals surface area (Å²) in [7, 11) is 0. The molecule has 30 heteroatoms. The molecule has 8 aliphatic rings. The average Bonchev–Trinajstić information content (AvgIpc) is 1.61. The lowest BCUT2D eigenvalue weighted by Gasteiger charge is -2.18. The number of ether oxygens (including phenoxy) is 2. The van der Waals surface area contributed by atoms with Crippen LogP contribution in [0.25, 0.3) is 33.4 Å². The third-order valence-corrected chi connectivity index (χ3v) is 19.1. The predicted octanol–water partition coefficient (Wildman–Crippen LogP) is 5.96. The number of hydrogen-bond donors (Lipinski definition) is 5. The topological polar surface area (TPSA) is 386 Å². The smallest absolute Gasteiger partial charge is 0.326 e. The Morgan fingerprint density at radius 1 is 0.390 bits per heavy atom. The highest BCUT2D eigenvalue weighted by atomic mass is 32.2. The van der Waals surface area contributed by atoms with E-state index in [0.717, 1.165) is 115 Å². The largest absolute Gasteiger partial charge is 0.463 e. The number of likely N-dealkylation sites (tertiary alicyclic amines) is 2. The van der Waals surface area contributed by atoms with E-state index in [9.17, 15) is 77.0 Å². The first-order valence-electron chi connectivity index (χ1n) is 33.1. The van der Waals surface area contributed by atoms with Crippen LogP contribution in [0.1, 0.15) is 96.1 Å². The van der Waals surface area contributed by atoms with Gasteiger partial charge in [-0.25, -0.2) is 5.26 Å². The molecule has 0 aromatic heterocycles. The van der Waals surface area contributed by atoms with Gasteiger partial charge in [-0.1, -0.05) is 77.8 Å². The van der Waals surface area contributed by atoms with Crippen LogP contribution in [0, 0.1) is 0 Å². The first-order valence-corrected chi connectivity index (χ1v) is 33.9. The Balaban J connectivity index is 0.000000151. The zero-order chi connectivity index (χ0) is 74.2. The molecule has 13 amide bonds. The second-order valence-corrected chi connectivity index (χ2v) is 25.7. The van der Waals surface area contributed by atoms with Gasteiger partial charge in [-0.05, 0) is 115 Å². The van der Waals surface area contributed by atoms with Crippen LogP contribution in [-0.2, 0) is 90.8 Å². The van der Waals surface area contributed by atoms with E-state index in [4.69, 9.17) is 14.7 Å². The fourth-order valence-corrected chi connectivity index (χ4v) is 13.8. The molecule has 2 fully saturated rings. The van der Waals surface area contributed by atoms with Gasteiger partial charge < -0.3 is 30.5 Å². The van der Waals surface area contributed by atoms with E-state index in [-0.39, 0.29) is 120 Å². The summed E-state index contributed by atoms with van der Waals surface area (Å²) in [4.78, 5) is 185. The monoisotopic (exact) mass is 1440 g/mol. The van der Waals surface area contributed by atoms with Crippen molar-refractivity contribution in [3.05, 3.63) is 191 Å². The number of rotatable bonds is 24. The summed E-state index contributed by atoms with van der Waals surface area (Å²) >= 11 is 0.766. The van der Waals surface area contributed by atoms with Crippen molar-refractivity contribution in [1.82, 2.24) is 24.5 Å². The number of carbonyl (C=O) groups is 15. The van der Waals surface area contributed by atoms with Crippen molar-refractivity contribution in [1.29, 1.82) is 0 Å². The van der Waals surface area contributed by atoms with Crippen LogP contribution < -0.4 is 16.0 Å². The van der Waals surface area contributed by atoms with E-state index >= 15 is 0 Å². The molecule has 5 aliphatic heterocycles. The second-order valence-electron chi connectivity index (χ2n) is 24.9. The van der Waals surface area contributed by atoms with Gasteiger partial charge in [-0.2, -0.15) is 0 Å². The minimum Gasteiger partial charge on any atom is -0.463 e. The normalized spacial score (nSPS) is 17.5. The quantitative estimate of drug-likeness (QED) is 0.0153. The first-order chi connectivity index (χ1) is 50.6. The Labute approximate surface area is 601 Å². The van der Waals surface area contributed by atoms with E-state index in [1.54, 1.807) is 30.3 Å². The lowest BCUT2D eigenvalue weighted by molar-refractivity contribution is -0.432. The third kappa shape index (κ3) is 16.2. The van der Waals surface area contributed by atoms with Gasteiger partial charge in [0.1, 0.15) is 26.3 Å². The lowest BCUT2D eigenvalue weighted by atomic mass is 9.97. The van der Waals surface area contributed by atoms with Crippen LogP contribution in [0.15, 0.2) is 163 Å². The minimum atomic E-state index is -0.740. The number of nitrogens with zero attached hydrogens (tertiary/aromatic N) is 5. The Morgan fingerprint density at radius 2 is 0.705 bits per heavy atom. The Kier molecular flexibility index (Phi) is 22.1. The predicted molar refractivity (Wildman–Crippen MR) is 370 cm³/mol. The van der Waals surface area contributed by atoms with Crippen molar-refractivity contribution in [2.24, 2.45) is 0 Å². The summed E-state index contributed by atoms with van der Waals surface area (Å²) in [6, 6.07) is 37.4. The number of esters is 2. The van der Waals surface area contributed by atoms with Gasteiger partial charge in [0.2, 0.25) is 41.4 Å². The van der Waals surface area contributed by atoms with Crippen LogP contribution >= 0.6 is 12.0 Å². The molecule has 0 spiro atoms. The van der Waals surface area contributed by atoms with Gasteiger partial charge in [-0.15, -0.1) is 4.33 Å². The van der Waals surface area contributed by atoms with Crippen LogP contribution in [0.3, 0.4) is 0 Å². The van der Waals surface area contributed by atoms with Crippen molar-refractivity contribution in [2.75, 3.05) is 68.5 Å². The van der Waals surface area contributed by atoms with Gasteiger partial charge in [0.15, 0.2) is 0 Å². The fraction of sp³-hybridized carbons (Fsp3) is 0.240. The van der Waals surface area contributed by atoms with E-state index in [1.165, 1.54) is 24.3 Å². The van der Waals surface area contributed by atoms with Crippen LogP contribution in [0.4, 0.5) is 17.1 Å². The summed E-state index contributed by atoms with van der Waals surface area (Å²) in [6.45, 7) is -1.05. The van der Waals surface area contributed by atoms with Gasteiger partial charge >= 0.3 is 11.9 Å². The highest BCUT2D eigenvalue weighted by Gasteiger charge is 2.37. The van der Waals surface area contributed by atoms with Gasteiger partial charge in [0, 0.05) is 141 Å². The van der Waals surface area contributed by atoms with E-state index in [0.29, 0.717) is 22.0 Å². The van der Waals surface area contributed by atoms with Crippen LogP contribution in [0.2, 0.25) is 0 Å². The number of aliphatic hydroxyl groups excluding tert-OH is 1. The molecule has 6 aromatic carbocycles. The van der Waals surface area contributed by atoms with Gasteiger partial charge in [0.25, 0.3) is 35.4 Å². The second kappa shape index (κ2) is 32.0. The molecular weight excluding hydrogens is 1380 g/mol. The molecule has 0 bridgehead atoms. The highest BCUT2D eigenvalue weighted by Crippen LogP contribution is 2.49. The van der Waals surface area contributed by atoms with Crippen molar-refractivity contribution in [3.8, 4) is 33.4 Å². The Bertz CT molecular complexity index is 4690. The molecule has 3 atom stereocenters. The Morgan fingerprint density at radius 3 is 1.07 bits per heavy atom. The third-order valence-electron chi connectivity index (χ3n) is 18.5. The van der Waals surface area contributed by atoms with Crippen molar-refractivity contribution < 1.29 is 101 Å². The van der Waals surface area contributed by atoms with Gasteiger partial charge in [0.05, 0.1) is 18.6 Å². The summed E-state index contributed by atoms with van der Waals surface area (Å²) in [5, 5.41) is 30.4. The highest BCUT2D eigenvalue weighted by molar-refractivity contribution is 7.94. The molecule has 5 heterocycles. The molecule has 14 rings (SSSR count). The number of fused-ring (bicyclic) bond motifs is 9. The molecule has 2 saturated heterocycles. The summed E-state index contributed by atoms with van der Waals surface area (Å²) in [6.07, 6.45) is 7.26. The molecular formula is C75H64N8O21S. The standard InChI is InChI=1S/C27H23N3O10S.C27H23N3O7.C21H18N2O4/c31-22(9-10-29-23(32)5-6-24(29)33)28-15-1-3-17-18-4-2-16(41-40-39-37)12-20(18)21(19(17)11-15)14-38-27(36)13-30-25(34)7-8-26(30)35;31-22(11-12-29-23(32)7-8-24(29)33)28-16-5-6-19-17-3-1-2-4-18(17)21(20(19)13-16)15-37-27(36)14-30-25(34)9-10-26(30)35;24-12-18-15-4-2-1-3-14(15)16-6-5-13(11-17(16)18)22-19(25)9-10-23-20(26)7-8-21(23)27/h1-6,11-12,21,37H,7-10,13-14H2,(H,28,31);1-8,13,21H,9-12,14-15H2,(H,28,31);1-8,11,18,24H,9-10,12H2,(H,22,25). The first kappa shape index (κ1) is 72.6. The van der Waals surface area contributed by atoms with E-state index in [1.807, 2.05) is 91.0 Å². The number of aliphatic hydroxyl groups is 1. The zero-order valence-corrected chi connectivity index (χ0v) is 56.5. The maximum atomic E-state index is 12.6. The van der Waals surface area contributed by atoms with Crippen LogP contribution in [-0.4, -0.2) is 176 Å². The van der Waals surface area contributed by atoms with E-state index < -0.39 is 84.1 Å². The van der Waals surface area contributed by atoms with Crippen LogP contribution in [0.5, 0.6) is 0 Å². The minimum absolute atomic E-state index is 0.00263. The van der Waals surface area contributed by atoms with Gasteiger partial charge in [-0.3, -0.25) is 96.4 Å². The van der Waals surface area contributed by atoms with E-state index in [2.05, 4.69) is 25.3 Å². The number of imide groups is 5. The van der Waals surface area contributed by atoms with Crippen molar-refractivity contribution in [2.45, 2.75) is 67.6 Å². The SMILES string of the molecule is O=C(CCN1C(=O)C=CC1=O)Nc1ccc2c(c1)C(CO)c1ccccc1-2.O=C(CCN1C(=O)C=CC1=O)Nc1ccc2c(c1)C(COC(=O)CN1C(=O)CCC1=O)c1cc(SOOO)ccc1-2.O=C(CCN1C(=O)C=CC1=O)Nc1ccc2c(c1)C(COC(=O)CN1C(=O)CCC1=O)c1ccccc1-2. The molecule has 536 valence electrons.